The zero-order chi connectivity index (χ0) is 11.1. The zero-order valence-corrected chi connectivity index (χ0v) is 10.3. The lowest BCUT2D eigenvalue weighted by Gasteiger charge is -2.29. The molecule has 0 unspecified atom stereocenters. The summed E-state index contributed by atoms with van der Waals surface area (Å²) in [5.41, 5.74) is 0. The minimum Gasteiger partial charge on any atom is -0.395 e. The van der Waals surface area contributed by atoms with E-state index < -0.39 is 0 Å². The lowest BCUT2D eigenvalue weighted by Crippen LogP contribution is -2.44. The van der Waals surface area contributed by atoms with Crippen molar-refractivity contribution in [3.05, 3.63) is 0 Å². The Balaban J connectivity index is 2.15. The van der Waals surface area contributed by atoms with Crippen LogP contribution in [0.3, 0.4) is 0 Å². The second-order valence-electron chi connectivity index (χ2n) is 4.25. The SMILES string of the molecule is CCC1CCC(NC(=S)NCCO)CC1. The van der Waals surface area contributed by atoms with Crippen molar-refractivity contribution in [1.29, 1.82) is 0 Å². The van der Waals surface area contributed by atoms with Gasteiger partial charge in [0.2, 0.25) is 0 Å². The fourth-order valence-electron chi connectivity index (χ4n) is 2.12. The molecule has 4 heteroatoms. The fraction of sp³-hybridized carbons (Fsp3) is 0.909. The van der Waals surface area contributed by atoms with E-state index in [-0.39, 0.29) is 6.61 Å². The van der Waals surface area contributed by atoms with E-state index in [9.17, 15) is 0 Å². The van der Waals surface area contributed by atoms with Gasteiger partial charge >= 0.3 is 0 Å². The van der Waals surface area contributed by atoms with Crippen LogP contribution in [0.2, 0.25) is 0 Å². The van der Waals surface area contributed by atoms with E-state index in [0.717, 1.165) is 5.92 Å². The van der Waals surface area contributed by atoms with Crippen molar-refractivity contribution >= 4 is 17.3 Å². The Hall–Kier alpha value is -0.350. The molecule has 0 aromatic carbocycles. The molecule has 1 fully saturated rings. The van der Waals surface area contributed by atoms with Crippen molar-refractivity contribution in [3.63, 3.8) is 0 Å². The van der Waals surface area contributed by atoms with E-state index in [4.69, 9.17) is 17.3 Å². The van der Waals surface area contributed by atoms with Gasteiger partial charge in [-0.2, -0.15) is 0 Å². The number of hydrogen-bond acceptors (Lipinski definition) is 2. The smallest absolute Gasteiger partial charge is 0.166 e. The summed E-state index contributed by atoms with van der Waals surface area (Å²) in [6.07, 6.45) is 6.38. The summed E-state index contributed by atoms with van der Waals surface area (Å²) in [4.78, 5) is 0. The summed E-state index contributed by atoms with van der Waals surface area (Å²) < 4.78 is 0. The van der Waals surface area contributed by atoms with Crippen LogP contribution >= 0.6 is 12.2 Å². The average Bonchev–Trinajstić information content (AvgIpc) is 2.27. The number of nitrogens with one attached hydrogen (secondary N) is 2. The molecule has 0 atom stereocenters. The van der Waals surface area contributed by atoms with E-state index in [1.165, 1.54) is 32.1 Å². The van der Waals surface area contributed by atoms with Gasteiger partial charge in [0.15, 0.2) is 5.11 Å². The van der Waals surface area contributed by atoms with Crippen LogP contribution in [0, 0.1) is 5.92 Å². The monoisotopic (exact) mass is 230 g/mol. The largest absolute Gasteiger partial charge is 0.395 e. The van der Waals surface area contributed by atoms with Gasteiger partial charge in [-0.1, -0.05) is 13.3 Å². The topological polar surface area (TPSA) is 44.3 Å². The summed E-state index contributed by atoms with van der Waals surface area (Å²) in [5.74, 6) is 0.919. The summed E-state index contributed by atoms with van der Waals surface area (Å²) in [5, 5.41) is 15.6. The Morgan fingerprint density at radius 1 is 1.33 bits per heavy atom. The Bertz CT molecular complexity index is 191. The summed E-state index contributed by atoms with van der Waals surface area (Å²) in [6, 6.07) is 0.534. The molecule has 0 heterocycles. The maximum Gasteiger partial charge on any atom is 0.166 e. The van der Waals surface area contributed by atoms with E-state index in [1.807, 2.05) is 0 Å². The zero-order valence-electron chi connectivity index (χ0n) is 9.46. The second-order valence-corrected chi connectivity index (χ2v) is 4.66. The third kappa shape index (κ3) is 4.80. The van der Waals surface area contributed by atoms with Gasteiger partial charge in [0.1, 0.15) is 0 Å². The molecule has 1 saturated carbocycles. The molecule has 88 valence electrons. The molecule has 0 aromatic rings. The molecule has 1 aliphatic rings. The lowest BCUT2D eigenvalue weighted by atomic mass is 9.85. The quantitative estimate of drug-likeness (QED) is 0.639. The Labute approximate surface area is 97.6 Å². The first-order chi connectivity index (χ1) is 7.26. The first kappa shape index (κ1) is 12.7. The molecular weight excluding hydrogens is 208 g/mol. The average molecular weight is 230 g/mol. The standard InChI is InChI=1S/C11H22N2OS/c1-2-9-3-5-10(6-4-9)13-11(15)12-7-8-14/h9-10,14H,2-8H2,1H3,(H2,12,13,15). The minimum absolute atomic E-state index is 0.129. The maximum atomic E-state index is 8.64. The van der Waals surface area contributed by atoms with Crippen LogP contribution in [0.25, 0.3) is 0 Å². The third-order valence-corrected chi connectivity index (χ3v) is 3.42. The van der Waals surface area contributed by atoms with Crippen LogP contribution < -0.4 is 10.6 Å². The molecule has 1 aliphatic carbocycles. The summed E-state index contributed by atoms with van der Waals surface area (Å²) in [6.45, 7) is 2.94. The van der Waals surface area contributed by atoms with Gasteiger partial charge in [-0.15, -0.1) is 0 Å². The van der Waals surface area contributed by atoms with Gasteiger partial charge in [-0.05, 0) is 43.8 Å². The highest BCUT2D eigenvalue weighted by atomic mass is 32.1. The third-order valence-electron chi connectivity index (χ3n) is 3.16. The van der Waals surface area contributed by atoms with Crippen LogP contribution in [0.1, 0.15) is 39.0 Å². The summed E-state index contributed by atoms with van der Waals surface area (Å²) in [7, 11) is 0. The second kappa shape index (κ2) is 7.01. The highest BCUT2D eigenvalue weighted by Crippen LogP contribution is 2.26. The highest BCUT2D eigenvalue weighted by molar-refractivity contribution is 7.80. The lowest BCUT2D eigenvalue weighted by molar-refractivity contribution is 0.295. The predicted molar refractivity (Wildman–Crippen MR) is 66.9 cm³/mol. The van der Waals surface area contributed by atoms with Gasteiger partial charge in [-0.3, -0.25) is 0 Å². The number of thiocarbonyl (C=S) groups is 1. The molecule has 3 N–H and O–H groups in total. The highest BCUT2D eigenvalue weighted by Gasteiger charge is 2.19. The molecule has 15 heavy (non-hydrogen) atoms. The van der Waals surface area contributed by atoms with E-state index >= 15 is 0 Å². The van der Waals surface area contributed by atoms with E-state index in [2.05, 4.69) is 17.6 Å². The van der Waals surface area contributed by atoms with Crippen molar-refractivity contribution in [2.45, 2.75) is 45.1 Å². The number of aliphatic hydroxyl groups is 1. The molecule has 0 aromatic heterocycles. The van der Waals surface area contributed by atoms with Crippen LogP contribution in [0.5, 0.6) is 0 Å². The van der Waals surface area contributed by atoms with Crippen LogP contribution in [-0.2, 0) is 0 Å². The van der Waals surface area contributed by atoms with Crippen molar-refractivity contribution in [3.8, 4) is 0 Å². The Morgan fingerprint density at radius 2 is 2.00 bits per heavy atom. The van der Waals surface area contributed by atoms with Crippen molar-refractivity contribution in [2.75, 3.05) is 13.2 Å². The predicted octanol–water partition coefficient (Wildman–Crippen LogP) is 1.41. The number of aliphatic hydroxyl groups excluding tert-OH is 1. The molecule has 0 bridgehead atoms. The van der Waals surface area contributed by atoms with Gasteiger partial charge in [-0.25, -0.2) is 0 Å². The Morgan fingerprint density at radius 3 is 2.53 bits per heavy atom. The fourth-order valence-corrected chi connectivity index (χ4v) is 2.39. The molecule has 0 amide bonds. The van der Waals surface area contributed by atoms with Gasteiger partial charge in [0.05, 0.1) is 6.61 Å². The van der Waals surface area contributed by atoms with Gasteiger partial charge in [0, 0.05) is 12.6 Å². The van der Waals surface area contributed by atoms with E-state index in [1.54, 1.807) is 0 Å². The first-order valence-electron chi connectivity index (χ1n) is 5.91. The molecule has 0 aliphatic heterocycles. The molecule has 0 spiro atoms. The first-order valence-corrected chi connectivity index (χ1v) is 6.32. The Kier molecular flexibility index (Phi) is 5.95. The van der Waals surface area contributed by atoms with Crippen molar-refractivity contribution in [1.82, 2.24) is 10.6 Å². The normalized spacial score (nSPS) is 26.0. The molecule has 1 rings (SSSR count). The van der Waals surface area contributed by atoms with Crippen LogP contribution in [0.15, 0.2) is 0 Å². The minimum atomic E-state index is 0.129. The molecule has 3 nitrogen and oxygen atoms in total. The van der Waals surface area contributed by atoms with Crippen LogP contribution in [-0.4, -0.2) is 29.4 Å². The molecular formula is C11H22N2OS. The van der Waals surface area contributed by atoms with Gasteiger partial charge in [0.25, 0.3) is 0 Å². The van der Waals surface area contributed by atoms with E-state index in [0.29, 0.717) is 17.7 Å². The molecule has 0 saturated heterocycles. The number of hydrogen-bond donors (Lipinski definition) is 3. The summed E-state index contributed by atoms with van der Waals surface area (Å²) >= 11 is 5.12. The van der Waals surface area contributed by atoms with Crippen molar-refractivity contribution in [2.24, 2.45) is 5.92 Å². The van der Waals surface area contributed by atoms with Crippen molar-refractivity contribution < 1.29 is 5.11 Å². The van der Waals surface area contributed by atoms with Crippen LogP contribution in [0.4, 0.5) is 0 Å². The number of rotatable bonds is 4. The maximum absolute atomic E-state index is 8.64. The van der Waals surface area contributed by atoms with Gasteiger partial charge < -0.3 is 15.7 Å². The molecule has 0 radical (unpaired) electrons.